The van der Waals surface area contributed by atoms with E-state index in [0.717, 1.165) is 5.56 Å². The number of rotatable bonds is 7. The Hall–Kier alpha value is -2.74. The zero-order valence-electron chi connectivity index (χ0n) is 15.2. The van der Waals surface area contributed by atoms with Gasteiger partial charge in [0, 0.05) is 32.4 Å². The molecule has 2 atom stereocenters. The number of hydrogen-bond donors (Lipinski definition) is 1. The molecule has 2 amide bonds. The molecule has 1 aliphatic heterocycles. The molecule has 8 heteroatoms. The molecule has 0 unspecified atom stereocenters. The van der Waals surface area contributed by atoms with E-state index in [-0.39, 0.29) is 43.8 Å². The molecule has 1 aromatic heterocycles. The third-order valence-electron chi connectivity index (χ3n) is 4.52. The van der Waals surface area contributed by atoms with Crippen LogP contribution in [0.3, 0.4) is 0 Å². The van der Waals surface area contributed by atoms with Crippen molar-refractivity contribution >= 4 is 11.8 Å². The third-order valence-corrected chi connectivity index (χ3v) is 4.52. The number of carbonyl (C=O) groups excluding carboxylic acids is 2. The van der Waals surface area contributed by atoms with Gasteiger partial charge in [0.1, 0.15) is 12.8 Å². The van der Waals surface area contributed by atoms with E-state index in [9.17, 15) is 14.0 Å². The number of alkyl halides is 1. The van der Waals surface area contributed by atoms with Crippen LogP contribution in [0.2, 0.25) is 0 Å². The number of halogens is 1. The van der Waals surface area contributed by atoms with Crippen LogP contribution in [0.15, 0.2) is 42.7 Å². The van der Waals surface area contributed by atoms with Gasteiger partial charge in [0.05, 0.1) is 19.2 Å². The van der Waals surface area contributed by atoms with Gasteiger partial charge < -0.3 is 19.5 Å². The summed E-state index contributed by atoms with van der Waals surface area (Å²) in [5, 5.41) is 2.72. The van der Waals surface area contributed by atoms with Crippen LogP contribution in [0, 0.1) is 0 Å². The minimum atomic E-state index is -1.11. The van der Waals surface area contributed by atoms with Crippen molar-refractivity contribution in [3.63, 3.8) is 0 Å². The van der Waals surface area contributed by atoms with Crippen LogP contribution in [-0.4, -0.2) is 58.2 Å². The number of imidazole rings is 1. The Morgan fingerprint density at radius 3 is 2.81 bits per heavy atom. The zero-order valence-corrected chi connectivity index (χ0v) is 15.2. The van der Waals surface area contributed by atoms with E-state index in [1.165, 1.54) is 11.1 Å². The summed E-state index contributed by atoms with van der Waals surface area (Å²) in [7, 11) is 1.71. The maximum atomic E-state index is 13.9. The highest BCUT2D eigenvalue weighted by atomic mass is 19.1. The van der Waals surface area contributed by atoms with Crippen molar-refractivity contribution in [2.45, 2.75) is 25.2 Å². The Morgan fingerprint density at radius 1 is 1.33 bits per heavy atom. The van der Waals surface area contributed by atoms with Gasteiger partial charge in [0.25, 0.3) is 5.91 Å². The molecule has 0 radical (unpaired) electrons. The second kappa shape index (κ2) is 8.77. The maximum absolute atomic E-state index is 13.9. The summed E-state index contributed by atoms with van der Waals surface area (Å²) in [6.45, 7) is 0.447. The van der Waals surface area contributed by atoms with Gasteiger partial charge in [-0.2, -0.15) is 0 Å². The zero-order chi connectivity index (χ0) is 19.2. The Morgan fingerprint density at radius 2 is 2.11 bits per heavy atom. The molecule has 1 saturated heterocycles. The lowest BCUT2D eigenvalue weighted by Gasteiger charge is -2.24. The number of nitrogens with zero attached hydrogens (tertiary/aromatic N) is 3. The van der Waals surface area contributed by atoms with Crippen molar-refractivity contribution in [3.8, 4) is 0 Å². The normalized spacial score (nSPS) is 19.3. The standard InChI is InChI=1S/C19H23FN4O3/c1-23-8-7-21-18(23)19(26)24-11-15(20)9-16(24)10-22-17(25)13-27-12-14-5-3-2-4-6-14/h2-8,15-16H,9-13H2,1H3,(H,22,25)/t15-,16-/m0/s1. The number of likely N-dealkylation sites (tertiary alicyclic amines) is 1. The molecule has 1 fully saturated rings. The molecule has 1 aromatic carbocycles. The number of aryl methyl sites for hydroxylation is 1. The number of ether oxygens (including phenoxy) is 1. The van der Waals surface area contributed by atoms with E-state index in [0.29, 0.717) is 6.61 Å². The molecule has 0 bridgehead atoms. The average molecular weight is 374 g/mol. The lowest BCUT2D eigenvalue weighted by atomic mass is 10.2. The molecule has 7 nitrogen and oxygen atoms in total. The molecule has 1 aliphatic rings. The van der Waals surface area contributed by atoms with Gasteiger partial charge in [-0.05, 0) is 5.56 Å². The van der Waals surface area contributed by atoms with Crippen LogP contribution < -0.4 is 5.32 Å². The Bertz CT molecular complexity index is 780. The van der Waals surface area contributed by atoms with Crippen molar-refractivity contribution in [2.75, 3.05) is 19.7 Å². The first-order valence-electron chi connectivity index (χ1n) is 8.85. The van der Waals surface area contributed by atoms with Gasteiger partial charge in [-0.1, -0.05) is 30.3 Å². The van der Waals surface area contributed by atoms with Crippen molar-refractivity contribution in [1.29, 1.82) is 0 Å². The molecule has 0 aliphatic carbocycles. The van der Waals surface area contributed by atoms with Gasteiger partial charge in [0.2, 0.25) is 5.91 Å². The van der Waals surface area contributed by atoms with Crippen LogP contribution in [0.4, 0.5) is 4.39 Å². The predicted octanol–water partition coefficient (Wildman–Crippen LogP) is 1.31. The van der Waals surface area contributed by atoms with Crippen LogP contribution in [0.5, 0.6) is 0 Å². The molecule has 1 N–H and O–H groups in total. The van der Waals surface area contributed by atoms with Crippen LogP contribution in [0.25, 0.3) is 0 Å². The summed E-state index contributed by atoms with van der Waals surface area (Å²) in [6, 6.07) is 9.15. The third kappa shape index (κ3) is 4.91. The van der Waals surface area contributed by atoms with E-state index in [1.807, 2.05) is 30.3 Å². The molecular formula is C19H23FN4O3. The van der Waals surface area contributed by atoms with Gasteiger partial charge in [-0.25, -0.2) is 9.37 Å². The van der Waals surface area contributed by atoms with Crippen LogP contribution in [-0.2, 0) is 23.2 Å². The van der Waals surface area contributed by atoms with E-state index in [2.05, 4.69) is 10.3 Å². The smallest absolute Gasteiger partial charge is 0.290 e. The number of benzene rings is 1. The highest BCUT2D eigenvalue weighted by Gasteiger charge is 2.37. The summed E-state index contributed by atoms with van der Waals surface area (Å²) < 4.78 is 20.9. The first-order valence-corrected chi connectivity index (χ1v) is 8.85. The SMILES string of the molecule is Cn1ccnc1C(=O)N1C[C@@H](F)C[C@H]1CNC(=O)COCc1ccccc1. The fourth-order valence-electron chi connectivity index (χ4n) is 3.12. The van der Waals surface area contributed by atoms with Crippen LogP contribution in [0.1, 0.15) is 22.6 Å². The van der Waals surface area contributed by atoms with Gasteiger partial charge >= 0.3 is 0 Å². The minimum Gasteiger partial charge on any atom is -0.367 e. The Labute approximate surface area is 157 Å². The van der Waals surface area contributed by atoms with Crippen LogP contribution >= 0.6 is 0 Å². The van der Waals surface area contributed by atoms with Gasteiger partial charge in [-0.3, -0.25) is 9.59 Å². The average Bonchev–Trinajstić information content (AvgIpc) is 3.25. The fraction of sp³-hybridized carbons (Fsp3) is 0.421. The molecule has 2 aromatic rings. The van der Waals surface area contributed by atoms with Gasteiger partial charge in [-0.15, -0.1) is 0 Å². The summed E-state index contributed by atoms with van der Waals surface area (Å²) in [6.07, 6.45) is 2.28. The second-order valence-corrected chi connectivity index (χ2v) is 6.59. The minimum absolute atomic E-state index is 0.0107. The number of amides is 2. The fourth-order valence-corrected chi connectivity index (χ4v) is 3.12. The number of nitrogens with one attached hydrogen (secondary N) is 1. The van der Waals surface area contributed by atoms with Crippen molar-refractivity contribution in [3.05, 3.63) is 54.1 Å². The molecule has 0 saturated carbocycles. The summed E-state index contributed by atoms with van der Waals surface area (Å²) in [4.78, 5) is 30.0. The molecule has 0 spiro atoms. The van der Waals surface area contributed by atoms with Crippen molar-refractivity contribution < 1.29 is 18.7 Å². The predicted molar refractivity (Wildman–Crippen MR) is 96.7 cm³/mol. The van der Waals surface area contributed by atoms with Crippen molar-refractivity contribution in [1.82, 2.24) is 19.8 Å². The second-order valence-electron chi connectivity index (χ2n) is 6.59. The quantitative estimate of drug-likeness (QED) is 0.793. The highest BCUT2D eigenvalue weighted by Crippen LogP contribution is 2.22. The number of aromatic nitrogens is 2. The van der Waals surface area contributed by atoms with E-state index >= 15 is 0 Å². The van der Waals surface area contributed by atoms with E-state index in [4.69, 9.17) is 4.74 Å². The first kappa shape index (κ1) is 19.0. The summed E-state index contributed by atoms with van der Waals surface area (Å²) in [5.74, 6) is -0.369. The number of carbonyl (C=O) groups is 2. The van der Waals surface area contributed by atoms with E-state index in [1.54, 1.807) is 17.8 Å². The topological polar surface area (TPSA) is 76.5 Å². The molecule has 3 rings (SSSR count). The molecular weight excluding hydrogens is 351 g/mol. The number of hydrogen-bond acceptors (Lipinski definition) is 4. The molecule has 2 heterocycles. The lowest BCUT2D eigenvalue weighted by molar-refractivity contribution is -0.126. The maximum Gasteiger partial charge on any atom is 0.290 e. The van der Waals surface area contributed by atoms with Gasteiger partial charge in [0.15, 0.2) is 5.82 Å². The summed E-state index contributed by atoms with van der Waals surface area (Å²) >= 11 is 0. The Balaban J connectivity index is 1.47. The van der Waals surface area contributed by atoms with E-state index < -0.39 is 12.2 Å². The first-order chi connectivity index (χ1) is 13.0. The lowest BCUT2D eigenvalue weighted by Crippen LogP contribution is -2.44. The highest BCUT2D eigenvalue weighted by molar-refractivity contribution is 5.91. The Kier molecular flexibility index (Phi) is 6.18. The summed E-state index contributed by atoms with van der Waals surface area (Å²) in [5.41, 5.74) is 0.980. The largest absolute Gasteiger partial charge is 0.367 e. The van der Waals surface area contributed by atoms with Crippen molar-refractivity contribution in [2.24, 2.45) is 7.05 Å². The molecule has 144 valence electrons. The molecule has 27 heavy (non-hydrogen) atoms. The monoisotopic (exact) mass is 374 g/mol.